The normalized spacial score (nSPS) is 13.1. The quantitative estimate of drug-likeness (QED) is 0.816. The minimum absolute atomic E-state index is 0.128. The standard InChI is InChI=1S/C13H18FNO3/c1-13(2,8-10(15-3)12(16)17)18-11-7-5-4-6-9(11)14/h4-7,10,15H,8H2,1-3H3,(H,16,17). The van der Waals surface area contributed by atoms with Gasteiger partial charge >= 0.3 is 5.97 Å². The summed E-state index contributed by atoms with van der Waals surface area (Å²) < 4.78 is 19.0. The van der Waals surface area contributed by atoms with E-state index in [4.69, 9.17) is 9.84 Å². The minimum atomic E-state index is -0.956. The van der Waals surface area contributed by atoms with Crippen molar-refractivity contribution in [2.75, 3.05) is 7.05 Å². The fourth-order valence-electron chi connectivity index (χ4n) is 1.67. The number of benzene rings is 1. The molecule has 0 aliphatic heterocycles. The molecule has 2 N–H and O–H groups in total. The van der Waals surface area contributed by atoms with Crippen molar-refractivity contribution in [3.05, 3.63) is 30.1 Å². The molecule has 0 saturated heterocycles. The summed E-state index contributed by atoms with van der Waals surface area (Å²) in [4.78, 5) is 10.9. The molecule has 0 aromatic heterocycles. The Morgan fingerprint density at radius 2 is 2.11 bits per heavy atom. The average molecular weight is 255 g/mol. The van der Waals surface area contributed by atoms with Crippen LogP contribution in [0.1, 0.15) is 20.3 Å². The molecule has 1 unspecified atom stereocenters. The molecule has 100 valence electrons. The molecule has 0 amide bonds. The summed E-state index contributed by atoms with van der Waals surface area (Å²) in [6, 6.07) is 5.33. The first-order chi connectivity index (χ1) is 8.35. The molecule has 1 rings (SSSR count). The van der Waals surface area contributed by atoms with E-state index in [1.54, 1.807) is 33.0 Å². The van der Waals surface area contributed by atoms with Crippen LogP contribution in [0, 0.1) is 5.82 Å². The van der Waals surface area contributed by atoms with Crippen molar-refractivity contribution >= 4 is 5.97 Å². The van der Waals surface area contributed by atoms with Crippen LogP contribution in [0.2, 0.25) is 0 Å². The lowest BCUT2D eigenvalue weighted by molar-refractivity contribution is -0.140. The van der Waals surface area contributed by atoms with E-state index >= 15 is 0 Å². The molecule has 1 aromatic carbocycles. The summed E-state index contributed by atoms with van der Waals surface area (Å²) >= 11 is 0. The van der Waals surface area contributed by atoms with Gasteiger partial charge < -0.3 is 15.2 Å². The zero-order chi connectivity index (χ0) is 13.8. The van der Waals surface area contributed by atoms with Gasteiger partial charge in [0.15, 0.2) is 11.6 Å². The Balaban J connectivity index is 2.75. The third-order valence-electron chi connectivity index (χ3n) is 2.57. The number of hydrogen-bond acceptors (Lipinski definition) is 3. The van der Waals surface area contributed by atoms with Gasteiger partial charge in [-0.3, -0.25) is 4.79 Å². The number of carboxylic acids is 1. The highest BCUT2D eigenvalue weighted by Gasteiger charge is 2.29. The molecule has 0 radical (unpaired) electrons. The molecule has 0 saturated carbocycles. The van der Waals surface area contributed by atoms with E-state index in [2.05, 4.69) is 5.32 Å². The second kappa shape index (κ2) is 5.82. The summed E-state index contributed by atoms with van der Waals surface area (Å²) in [6.45, 7) is 3.46. The summed E-state index contributed by atoms with van der Waals surface area (Å²) in [5.41, 5.74) is -0.783. The smallest absolute Gasteiger partial charge is 0.320 e. The Kier molecular flexibility index (Phi) is 4.67. The van der Waals surface area contributed by atoms with E-state index in [1.165, 1.54) is 12.1 Å². The fraction of sp³-hybridized carbons (Fsp3) is 0.462. The second-order valence-electron chi connectivity index (χ2n) is 4.68. The first kappa shape index (κ1) is 14.4. The largest absolute Gasteiger partial charge is 0.485 e. The van der Waals surface area contributed by atoms with Gasteiger partial charge in [0.25, 0.3) is 0 Å². The number of carboxylic acid groups (broad SMARTS) is 1. The number of ether oxygens (including phenoxy) is 1. The molecule has 1 aromatic rings. The van der Waals surface area contributed by atoms with Gasteiger partial charge in [0.2, 0.25) is 0 Å². The predicted molar refractivity (Wildman–Crippen MR) is 66.2 cm³/mol. The second-order valence-corrected chi connectivity index (χ2v) is 4.68. The lowest BCUT2D eigenvalue weighted by Crippen LogP contribution is -2.43. The molecular weight excluding hydrogens is 237 g/mol. The van der Waals surface area contributed by atoms with Gasteiger partial charge in [-0.25, -0.2) is 4.39 Å². The number of carbonyl (C=O) groups is 1. The van der Waals surface area contributed by atoms with Crippen molar-refractivity contribution in [1.82, 2.24) is 5.32 Å². The molecular formula is C13H18FNO3. The maximum absolute atomic E-state index is 13.4. The van der Waals surface area contributed by atoms with Crippen LogP contribution in [0.5, 0.6) is 5.75 Å². The molecule has 5 heteroatoms. The van der Waals surface area contributed by atoms with Crippen LogP contribution in [-0.2, 0) is 4.79 Å². The molecule has 1 atom stereocenters. The number of para-hydroxylation sites is 1. The van der Waals surface area contributed by atoms with Crippen molar-refractivity contribution in [3.8, 4) is 5.75 Å². The zero-order valence-electron chi connectivity index (χ0n) is 10.7. The van der Waals surface area contributed by atoms with Gasteiger partial charge in [0.1, 0.15) is 11.6 Å². The van der Waals surface area contributed by atoms with E-state index in [9.17, 15) is 9.18 Å². The van der Waals surface area contributed by atoms with Crippen LogP contribution < -0.4 is 10.1 Å². The Morgan fingerprint density at radius 1 is 1.50 bits per heavy atom. The van der Waals surface area contributed by atoms with Crippen molar-refractivity contribution in [2.24, 2.45) is 0 Å². The third-order valence-corrected chi connectivity index (χ3v) is 2.57. The highest BCUT2D eigenvalue weighted by atomic mass is 19.1. The van der Waals surface area contributed by atoms with Crippen molar-refractivity contribution in [2.45, 2.75) is 31.9 Å². The van der Waals surface area contributed by atoms with Crippen molar-refractivity contribution in [1.29, 1.82) is 0 Å². The van der Waals surface area contributed by atoms with Gasteiger partial charge in [-0.05, 0) is 33.0 Å². The monoisotopic (exact) mass is 255 g/mol. The number of nitrogens with one attached hydrogen (secondary N) is 1. The summed E-state index contributed by atoms with van der Waals surface area (Å²) in [7, 11) is 1.57. The van der Waals surface area contributed by atoms with Gasteiger partial charge in [0, 0.05) is 6.42 Å². The van der Waals surface area contributed by atoms with E-state index < -0.39 is 23.4 Å². The van der Waals surface area contributed by atoms with E-state index in [0.717, 1.165) is 0 Å². The number of rotatable bonds is 6. The number of likely N-dealkylation sites (N-methyl/N-ethyl adjacent to an activating group) is 1. The summed E-state index contributed by atoms with van der Waals surface area (Å²) in [5.74, 6) is -1.28. The first-order valence-electron chi connectivity index (χ1n) is 5.69. The zero-order valence-corrected chi connectivity index (χ0v) is 10.7. The van der Waals surface area contributed by atoms with E-state index in [1.807, 2.05) is 0 Å². The molecule has 0 fully saturated rings. The summed E-state index contributed by atoms with van der Waals surface area (Å²) in [5, 5.41) is 11.6. The van der Waals surface area contributed by atoms with Gasteiger partial charge in [0.05, 0.1) is 0 Å². The molecule has 0 bridgehead atoms. The Labute approximate surface area is 106 Å². The maximum Gasteiger partial charge on any atom is 0.320 e. The van der Waals surface area contributed by atoms with Crippen LogP contribution in [0.4, 0.5) is 4.39 Å². The van der Waals surface area contributed by atoms with Crippen LogP contribution in [0.15, 0.2) is 24.3 Å². The van der Waals surface area contributed by atoms with Crippen LogP contribution in [0.3, 0.4) is 0 Å². The first-order valence-corrected chi connectivity index (χ1v) is 5.69. The highest BCUT2D eigenvalue weighted by Crippen LogP contribution is 2.24. The molecule has 0 heterocycles. The summed E-state index contributed by atoms with van der Waals surface area (Å²) in [6.07, 6.45) is 0.229. The van der Waals surface area contributed by atoms with Crippen LogP contribution in [-0.4, -0.2) is 29.8 Å². The van der Waals surface area contributed by atoms with Gasteiger partial charge in [-0.2, -0.15) is 0 Å². The van der Waals surface area contributed by atoms with Crippen LogP contribution in [0.25, 0.3) is 0 Å². The van der Waals surface area contributed by atoms with Crippen molar-refractivity contribution in [3.63, 3.8) is 0 Å². The van der Waals surface area contributed by atoms with Gasteiger partial charge in [-0.1, -0.05) is 12.1 Å². The topological polar surface area (TPSA) is 58.6 Å². The molecule has 18 heavy (non-hydrogen) atoms. The van der Waals surface area contributed by atoms with Gasteiger partial charge in [-0.15, -0.1) is 0 Å². The van der Waals surface area contributed by atoms with Crippen molar-refractivity contribution < 1.29 is 19.0 Å². The predicted octanol–water partition coefficient (Wildman–Crippen LogP) is 2.05. The van der Waals surface area contributed by atoms with E-state index in [0.29, 0.717) is 0 Å². The number of halogens is 1. The average Bonchev–Trinajstić information content (AvgIpc) is 2.28. The third kappa shape index (κ3) is 4.00. The maximum atomic E-state index is 13.4. The molecule has 4 nitrogen and oxygen atoms in total. The molecule has 0 aliphatic rings. The number of hydrogen-bond donors (Lipinski definition) is 2. The number of aliphatic carboxylic acids is 1. The lowest BCUT2D eigenvalue weighted by Gasteiger charge is -2.29. The fourth-order valence-corrected chi connectivity index (χ4v) is 1.67. The Morgan fingerprint density at radius 3 is 2.61 bits per heavy atom. The molecule has 0 aliphatic carbocycles. The van der Waals surface area contributed by atoms with Crippen LogP contribution >= 0.6 is 0 Å². The lowest BCUT2D eigenvalue weighted by atomic mass is 9.98. The van der Waals surface area contributed by atoms with E-state index in [-0.39, 0.29) is 12.2 Å². The highest BCUT2D eigenvalue weighted by molar-refractivity contribution is 5.73. The molecule has 0 spiro atoms. The Bertz CT molecular complexity index is 420. The Hall–Kier alpha value is -1.62. The SMILES string of the molecule is CNC(CC(C)(C)Oc1ccccc1F)C(=O)O. The minimum Gasteiger partial charge on any atom is -0.485 e.